The first-order chi connectivity index (χ1) is 15.6. The molecule has 1 saturated heterocycles. The number of aromatic nitrogens is 4. The van der Waals surface area contributed by atoms with Crippen LogP contribution in [-0.2, 0) is 4.74 Å². The van der Waals surface area contributed by atoms with Gasteiger partial charge in [-0.05, 0) is 38.1 Å². The zero-order valence-electron chi connectivity index (χ0n) is 17.6. The SMILES string of the molecule is Cc1nc(-c2nc(C)c(-c3ccnc(Nc4ccc(N5CCOCC5)c(Cl)c4)n3)s2)cs1. The molecule has 1 aliphatic rings. The zero-order valence-corrected chi connectivity index (χ0v) is 20.0. The maximum absolute atomic E-state index is 6.56. The molecule has 7 nitrogen and oxygen atoms in total. The number of benzene rings is 1. The second kappa shape index (κ2) is 9.11. The van der Waals surface area contributed by atoms with E-state index in [9.17, 15) is 0 Å². The van der Waals surface area contributed by atoms with Gasteiger partial charge in [-0.15, -0.1) is 22.7 Å². The van der Waals surface area contributed by atoms with Crippen LogP contribution in [0.4, 0.5) is 17.3 Å². The summed E-state index contributed by atoms with van der Waals surface area (Å²) in [5, 5.41) is 7.93. The third kappa shape index (κ3) is 4.47. The first-order valence-corrected chi connectivity index (χ1v) is 12.3. The van der Waals surface area contributed by atoms with Crippen LogP contribution in [0.15, 0.2) is 35.8 Å². The lowest BCUT2D eigenvalue weighted by Gasteiger charge is -2.29. The second-order valence-electron chi connectivity index (χ2n) is 7.34. The summed E-state index contributed by atoms with van der Waals surface area (Å²) < 4.78 is 5.43. The monoisotopic (exact) mass is 484 g/mol. The fraction of sp³-hybridized carbons (Fsp3) is 0.273. The molecule has 0 amide bonds. The number of morpholine rings is 1. The van der Waals surface area contributed by atoms with E-state index >= 15 is 0 Å². The summed E-state index contributed by atoms with van der Waals surface area (Å²) in [6.45, 7) is 7.11. The molecule has 10 heteroatoms. The Hall–Kier alpha value is -2.59. The number of nitrogens with zero attached hydrogens (tertiary/aromatic N) is 5. The fourth-order valence-corrected chi connectivity index (χ4v) is 5.49. The Morgan fingerprint density at radius 3 is 2.66 bits per heavy atom. The van der Waals surface area contributed by atoms with Crippen molar-refractivity contribution in [2.45, 2.75) is 13.8 Å². The molecule has 3 aromatic heterocycles. The van der Waals surface area contributed by atoms with Crippen LogP contribution in [0.5, 0.6) is 0 Å². The van der Waals surface area contributed by atoms with Gasteiger partial charge >= 0.3 is 0 Å². The number of halogens is 1. The Morgan fingerprint density at radius 2 is 1.91 bits per heavy atom. The molecule has 1 aromatic carbocycles. The molecular formula is C22H21ClN6OS2. The number of hydrogen-bond acceptors (Lipinski definition) is 9. The molecule has 1 N–H and O–H groups in total. The van der Waals surface area contributed by atoms with Crippen molar-refractivity contribution in [3.05, 3.63) is 51.6 Å². The van der Waals surface area contributed by atoms with E-state index in [0.717, 1.165) is 69.7 Å². The predicted octanol–water partition coefficient (Wildman–Crippen LogP) is 5.57. The first kappa shape index (κ1) is 21.3. The first-order valence-electron chi connectivity index (χ1n) is 10.2. The highest BCUT2D eigenvalue weighted by Gasteiger charge is 2.16. The van der Waals surface area contributed by atoms with Gasteiger partial charge in [0.15, 0.2) is 0 Å². The van der Waals surface area contributed by atoms with Gasteiger partial charge in [0.2, 0.25) is 5.95 Å². The summed E-state index contributed by atoms with van der Waals surface area (Å²) in [4.78, 5) is 21.6. The molecule has 0 saturated carbocycles. The number of ether oxygens (including phenoxy) is 1. The Balaban J connectivity index is 1.37. The maximum Gasteiger partial charge on any atom is 0.227 e. The van der Waals surface area contributed by atoms with Crippen LogP contribution >= 0.6 is 34.3 Å². The fourth-order valence-electron chi connectivity index (χ4n) is 3.53. The van der Waals surface area contributed by atoms with E-state index < -0.39 is 0 Å². The van der Waals surface area contributed by atoms with Crippen LogP contribution in [0.1, 0.15) is 10.7 Å². The zero-order chi connectivity index (χ0) is 22.1. The van der Waals surface area contributed by atoms with Gasteiger partial charge in [0.1, 0.15) is 10.7 Å². The smallest absolute Gasteiger partial charge is 0.227 e. The van der Waals surface area contributed by atoms with Gasteiger partial charge in [0.25, 0.3) is 0 Å². The second-order valence-corrected chi connectivity index (χ2v) is 9.81. The van der Waals surface area contributed by atoms with Crippen molar-refractivity contribution in [2.24, 2.45) is 0 Å². The number of anilines is 3. The number of rotatable bonds is 5. The molecule has 164 valence electrons. The van der Waals surface area contributed by atoms with E-state index in [1.165, 1.54) is 0 Å². The largest absolute Gasteiger partial charge is 0.378 e. The molecule has 1 aliphatic heterocycles. The van der Waals surface area contributed by atoms with Crippen LogP contribution in [0.3, 0.4) is 0 Å². The molecule has 1 fully saturated rings. The standard InChI is InChI=1S/C22H21ClN6OS2/c1-13-20(32-21(25-13)18-12-31-14(2)26-18)17-5-6-24-22(28-17)27-15-3-4-19(16(23)11-15)29-7-9-30-10-8-29/h3-6,11-12H,7-10H2,1-2H3,(H,24,27,28). The van der Waals surface area contributed by atoms with Crippen LogP contribution in [-0.4, -0.2) is 46.2 Å². The Kier molecular flexibility index (Phi) is 6.05. The van der Waals surface area contributed by atoms with E-state index in [1.807, 2.05) is 43.5 Å². The third-order valence-corrected chi connectivity index (χ3v) is 7.36. The van der Waals surface area contributed by atoms with Gasteiger partial charge in [0.05, 0.1) is 45.2 Å². The summed E-state index contributed by atoms with van der Waals surface area (Å²) in [5.74, 6) is 0.511. The van der Waals surface area contributed by atoms with Gasteiger partial charge in [0, 0.05) is 30.4 Å². The summed E-state index contributed by atoms with van der Waals surface area (Å²) in [6, 6.07) is 7.82. The van der Waals surface area contributed by atoms with Gasteiger partial charge in [-0.1, -0.05) is 11.6 Å². The number of hydrogen-bond donors (Lipinski definition) is 1. The van der Waals surface area contributed by atoms with E-state index in [2.05, 4.69) is 20.2 Å². The van der Waals surface area contributed by atoms with Gasteiger partial charge in [-0.2, -0.15) is 0 Å². The molecule has 0 atom stereocenters. The molecule has 4 heterocycles. The Bertz CT molecular complexity index is 1250. The van der Waals surface area contributed by atoms with Crippen molar-refractivity contribution in [3.63, 3.8) is 0 Å². The van der Waals surface area contributed by atoms with Crippen molar-refractivity contribution < 1.29 is 4.74 Å². The summed E-state index contributed by atoms with van der Waals surface area (Å²) in [7, 11) is 0. The molecule has 0 unspecified atom stereocenters. The molecule has 0 spiro atoms. The lowest BCUT2D eigenvalue weighted by Crippen LogP contribution is -2.36. The van der Waals surface area contributed by atoms with Crippen molar-refractivity contribution in [1.82, 2.24) is 19.9 Å². The minimum atomic E-state index is 0.511. The molecule has 0 bridgehead atoms. The van der Waals surface area contributed by atoms with Crippen LogP contribution in [0.2, 0.25) is 5.02 Å². The van der Waals surface area contributed by atoms with Crippen molar-refractivity contribution >= 4 is 51.6 Å². The third-order valence-electron chi connectivity index (χ3n) is 5.08. The topological polar surface area (TPSA) is 76.1 Å². The molecule has 5 rings (SSSR count). The highest BCUT2D eigenvalue weighted by molar-refractivity contribution is 7.18. The van der Waals surface area contributed by atoms with E-state index in [0.29, 0.717) is 11.0 Å². The Morgan fingerprint density at radius 1 is 1.06 bits per heavy atom. The average Bonchev–Trinajstić information content (AvgIpc) is 3.40. The van der Waals surface area contributed by atoms with Crippen LogP contribution < -0.4 is 10.2 Å². The maximum atomic E-state index is 6.56. The predicted molar refractivity (Wildman–Crippen MR) is 131 cm³/mol. The number of thiazole rings is 2. The van der Waals surface area contributed by atoms with Crippen molar-refractivity contribution in [1.29, 1.82) is 0 Å². The number of nitrogens with one attached hydrogen (secondary N) is 1. The van der Waals surface area contributed by atoms with Crippen LogP contribution in [0, 0.1) is 13.8 Å². The lowest BCUT2D eigenvalue weighted by atomic mass is 10.2. The minimum absolute atomic E-state index is 0.511. The lowest BCUT2D eigenvalue weighted by molar-refractivity contribution is 0.122. The van der Waals surface area contributed by atoms with E-state index in [1.54, 1.807) is 28.9 Å². The average molecular weight is 485 g/mol. The Labute approximate surface area is 199 Å². The molecule has 4 aromatic rings. The number of aryl methyl sites for hydroxylation is 2. The van der Waals surface area contributed by atoms with Crippen LogP contribution in [0.25, 0.3) is 21.3 Å². The summed E-state index contributed by atoms with van der Waals surface area (Å²) >= 11 is 9.78. The molecule has 0 radical (unpaired) electrons. The normalized spacial score (nSPS) is 14.0. The highest BCUT2D eigenvalue weighted by atomic mass is 35.5. The van der Waals surface area contributed by atoms with Crippen molar-refractivity contribution in [3.8, 4) is 21.3 Å². The van der Waals surface area contributed by atoms with Gasteiger partial charge in [-0.25, -0.2) is 19.9 Å². The summed E-state index contributed by atoms with van der Waals surface area (Å²) in [6.07, 6.45) is 1.75. The van der Waals surface area contributed by atoms with E-state index in [-0.39, 0.29) is 0 Å². The molecular weight excluding hydrogens is 464 g/mol. The van der Waals surface area contributed by atoms with Gasteiger partial charge < -0.3 is 15.0 Å². The highest BCUT2D eigenvalue weighted by Crippen LogP contribution is 2.35. The summed E-state index contributed by atoms with van der Waals surface area (Å²) in [5.41, 5.74) is 4.52. The van der Waals surface area contributed by atoms with E-state index in [4.69, 9.17) is 26.3 Å². The minimum Gasteiger partial charge on any atom is -0.378 e. The van der Waals surface area contributed by atoms with Gasteiger partial charge in [-0.3, -0.25) is 0 Å². The molecule has 0 aliphatic carbocycles. The van der Waals surface area contributed by atoms with Crippen molar-refractivity contribution in [2.75, 3.05) is 36.5 Å². The molecule has 32 heavy (non-hydrogen) atoms. The quantitative estimate of drug-likeness (QED) is 0.396.